The van der Waals surface area contributed by atoms with Crippen molar-refractivity contribution in [3.8, 4) is 11.4 Å². The molecule has 2 aliphatic heterocycles. The molecular weight excluding hydrogens is 398 g/mol. The van der Waals surface area contributed by atoms with E-state index in [0.717, 1.165) is 80.2 Å². The van der Waals surface area contributed by atoms with E-state index in [1.54, 1.807) is 0 Å². The van der Waals surface area contributed by atoms with Crippen LogP contribution in [0.3, 0.4) is 0 Å². The summed E-state index contributed by atoms with van der Waals surface area (Å²) in [5.74, 6) is 1.25. The number of benzene rings is 2. The summed E-state index contributed by atoms with van der Waals surface area (Å²) in [7, 11) is 0. The number of halogens is 1. The van der Waals surface area contributed by atoms with Crippen molar-refractivity contribution in [3.63, 3.8) is 0 Å². The number of amides is 1. The Kier molecular flexibility index (Phi) is 5.35. The Morgan fingerprint density at radius 1 is 1.03 bits per heavy atom. The van der Waals surface area contributed by atoms with Gasteiger partial charge in [-0.05, 0) is 43.2 Å². The summed E-state index contributed by atoms with van der Waals surface area (Å²) in [5.41, 5.74) is 3.97. The van der Waals surface area contributed by atoms with Gasteiger partial charge in [-0.2, -0.15) is 0 Å². The highest BCUT2D eigenvalue weighted by Crippen LogP contribution is 2.33. The zero-order chi connectivity index (χ0) is 20.5. The quantitative estimate of drug-likeness (QED) is 0.676. The lowest BCUT2D eigenvalue weighted by molar-refractivity contribution is -0.136. The van der Waals surface area contributed by atoms with Gasteiger partial charge in [-0.25, -0.2) is 4.98 Å². The molecule has 2 aliphatic rings. The maximum Gasteiger partial charge on any atom is 0.225 e. The first-order chi connectivity index (χ1) is 14.7. The third kappa shape index (κ3) is 3.77. The Bertz CT molecular complexity index is 1020. The lowest BCUT2D eigenvalue weighted by atomic mass is 9.94. The molecule has 2 aromatic carbocycles. The van der Waals surface area contributed by atoms with Crippen LogP contribution in [0.15, 0.2) is 42.5 Å². The van der Waals surface area contributed by atoms with Gasteiger partial charge in [0.05, 0.1) is 16.1 Å². The maximum atomic E-state index is 12.8. The second kappa shape index (κ2) is 8.28. The average molecular weight is 424 g/mol. The SMILES string of the molecule is O=C(C1CCN(c2ccc(Cl)c(-c3nc4ccccc4[nH]3)c2)CC1)N1CCNCC1. The van der Waals surface area contributed by atoms with Crippen molar-refractivity contribution in [2.45, 2.75) is 12.8 Å². The number of rotatable bonds is 3. The lowest BCUT2D eigenvalue weighted by Gasteiger charge is -2.36. The topological polar surface area (TPSA) is 64.3 Å². The summed E-state index contributed by atoms with van der Waals surface area (Å²) in [6.45, 7) is 5.22. The van der Waals surface area contributed by atoms with E-state index in [4.69, 9.17) is 16.6 Å². The lowest BCUT2D eigenvalue weighted by Crippen LogP contribution is -2.50. The standard InChI is InChI=1S/C23H26ClN5O/c24-19-6-5-17(15-18(19)22-26-20-3-1-2-4-21(20)27-22)28-11-7-16(8-12-28)23(30)29-13-9-25-10-14-29/h1-6,15-16,25H,7-14H2,(H,26,27). The molecule has 0 unspecified atom stereocenters. The number of carbonyl (C=O) groups excluding carboxylic acids is 1. The normalized spacial score (nSPS) is 18.2. The fourth-order valence-corrected chi connectivity index (χ4v) is 4.71. The maximum absolute atomic E-state index is 12.8. The molecule has 30 heavy (non-hydrogen) atoms. The first-order valence-electron chi connectivity index (χ1n) is 10.7. The first-order valence-corrected chi connectivity index (χ1v) is 11.1. The summed E-state index contributed by atoms with van der Waals surface area (Å²) in [5, 5.41) is 3.99. The molecule has 2 saturated heterocycles. The van der Waals surface area contributed by atoms with Crippen LogP contribution in [-0.2, 0) is 4.79 Å². The predicted molar refractivity (Wildman–Crippen MR) is 121 cm³/mol. The minimum Gasteiger partial charge on any atom is -0.371 e. The van der Waals surface area contributed by atoms with Crippen LogP contribution < -0.4 is 10.2 Å². The van der Waals surface area contributed by atoms with Crippen molar-refractivity contribution in [2.24, 2.45) is 5.92 Å². The van der Waals surface area contributed by atoms with Crippen LogP contribution in [0.2, 0.25) is 5.02 Å². The van der Waals surface area contributed by atoms with E-state index < -0.39 is 0 Å². The molecule has 0 aliphatic carbocycles. The molecule has 0 spiro atoms. The number of H-pyrrole nitrogens is 1. The van der Waals surface area contributed by atoms with Crippen molar-refractivity contribution < 1.29 is 4.79 Å². The molecule has 6 nitrogen and oxygen atoms in total. The third-order valence-corrected chi connectivity index (χ3v) is 6.56. The van der Waals surface area contributed by atoms with Gasteiger partial charge < -0.3 is 20.1 Å². The molecule has 3 aromatic rings. The molecule has 0 saturated carbocycles. The van der Waals surface area contributed by atoms with E-state index in [0.29, 0.717) is 10.9 Å². The average Bonchev–Trinajstić information content (AvgIpc) is 3.24. The number of aromatic nitrogens is 2. The second-order valence-electron chi connectivity index (χ2n) is 8.10. The minimum atomic E-state index is 0.140. The van der Waals surface area contributed by atoms with Crippen LogP contribution in [0.5, 0.6) is 0 Å². The van der Waals surface area contributed by atoms with E-state index in [1.807, 2.05) is 35.2 Å². The number of piperazine rings is 1. The number of nitrogens with zero attached hydrogens (tertiary/aromatic N) is 3. The third-order valence-electron chi connectivity index (χ3n) is 6.23. The molecule has 0 radical (unpaired) electrons. The number of anilines is 1. The summed E-state index contributed by atoms with van der Waals surface area (Å²) in [6.07, 6.45) is 1.79. The van der Waals surface area contributed by atoms with Crippen molar-refractivity contribution in [3.05, 3.63) is 47.5 Å². The van der Waals surface area contributed by atoms with Crippen LogP contribution >= 0.6 is 11.6 Å². The number of imidazole rings is 1. The molecule has 156 valence electrons. The van der Waals surface area contributed by atoms with Gasteiger partial charge in [0.15, 0.2) is 0 Å². The van der Waals surface area contributed by atoms with Crippen LogP contribution in [0.4, 0.5) is 5.69 Å². The highest BCUT2D eigenvalue weighted by Gasteiger charge is 2.29. The van der Waals surface area contributed by atoms with Gasteiger partial charge in [0.25, 0.3) is 0 Å². The zero-order valence-electron chi connectivity index (χ0n) is 16.9. The molecule has 0 atom stereocenters. The molecule has 2 N–H and O–H groups in total. The van der Waals surface area contributed by atoms with Crippen molar-refractivity contribution in [2.75, 3.05) is 44.2 Å². The van der Waals surface area contributed by atoms with Crippen LogP contribution in [0.1, 0.15) is 12.8 Å². The Morgan fingerprint density at radius 2 is 1.80 bits per heavy atom. The van der Waals surface area contributed by atoms with Gasteiger partial charge in [0.2, 0.25) is 5.91 Å². The summed E-state index contributed by atoms with van der Waals surface area (Å²) in [4.78, 5) is 25.3. The van der Waals surface area contributed by atoms with Gasteiger partial charge in [0, 0.05) is 56.4 Å². The van der Waals surface area contributed by atoms with Crippen LogP contribution in [0.25, 0.3) is 22.4 Å². The Morgan fingerprint density at radius 3 is 2.57 bits per heavy atom. The molecule has 1 amide bonds. The number of para-hydroxylation sites is 2. The van der Waals surface area contributed by atoms with Crippen molar-refractivity contribution in [1.29, 1.82) is 0 Å². The highest BCUT2D eigenvalue weighted by atomic mass is 35.5. The monoisotopic (exact) mass is 423 g/mol. The first kappa shape index (κ1) is 19.4. The number of fused-ring (bicyclic) bond motifs is 1. The second-order valence-corrected chi connectivity index (χ2v) is 8.51. The number of hydrogen-bond acceptors (Lipinski definition) is 4. The molecule has 1 aromatic heterocycles. The zero-order valence-corrected chi connectivity index (χ0v) is 17.7. The molecule has 5 rings (SSSR count). The van der Waals surface area contributed by atoms with E-state index in [2.05, 4.69) is 27.3 Å². The van der Waals surface area contributed by atoms with Crippen LogP contribution in [0, 0.1) is 5.92 Å². The highest BCUT2D eigenvalue weighted by molar-refractivity contribution is 6.33. The Labute approximate surface area is 181 Å². The molecule has 7 heteroatoms. The predicted octanol–water partition coefficient (Wildman–Crippen LogP) is 3.53. The number of nitrogens with one attached hydrogen (secondary N) is 2. The van der Waals surface area contributed by atoms with Crippen molar-refractivity contribution >= 4 is 34.2 Å². The number of carbonyl (C=O) groups is 1. The van der Waals surface area contributed by atoms with Gasteiger partial charge in [-0.1, -0.05) is 23.7 Å². The van der Waals surface area contributed by atoms with E-state index in [1.165, 1.54) is 0 Å². The molecule has 3 heterocycles. The van der Waals surface area contributed by atoms with E-state index in [9.17, 15) is 4.79 Å². The van der Waals surface area contributed by atoms with Crippen molar-refractivity contribution in [1.82, 2.24) is 20.2 Å². The Balaban J connectivity index is 1.31. The molecular formula is C23H26ClN5O. The largest absolute Gasteiger partial charge is 0.371 e. The fourth-order valence-electron chi connectivity index (χ4n) is 4.50. The smallest absolute Gasteiger partial charge is 0.225 e. The Hall–Kier alpha value is -2.57. The molecule has 2 fully saturated rings. The summed E-state index contributed by atoms with van der Waals surface area (Å²) in [6, 6.07) is 14.1. The number of piperidine rings is 1. The van der Waals surface area contributed by atoms with Crippen LogP contribution in [-0.4, -0.2) is 60.0 Å². The number of aromatic amines is 1. The number of hydrogen-bond donors (Lipinski definition) is 2. The summed E-state index contributed by atoms with van der Waals surface area (Å²) < 4.78 is 0. The summed E-state index contributed by atoms with van der Waals surface area (Å²) >= 11 is 6.51. The fraction of sp³-hybridized carbons (Fsp3) is 0.391. The minimum absolute atomic E-state index is 0.140. The van der Waals surface area contributed by atoms with Gasteiger partial charge in [-0.3, -0.25) is 4.79 Å². The van der Waals surface area contributed by atoms with Gasteiger partial charge in [-0.15, -0.1) is 0 Å². The van der Waals surface area contributed by atoms with Gasteiger partial charge in [0.1, 0.15) is 5.82 Å². The van der Waals surface area contributed by atoms with E-state index in [-0.39, 0.29) is 5.92 Å². The molecule has 0 bridgehead atoms. The van der Waals surface area contributed by atoms with E-state index >= 15 is 0 Å². The van der Waals surface area contributed by atoms with Gasteiger partial charge >= 0.3 is 0 Å².